The highest BCUT2D eigenvalue weighted by Crippen LogP contribution is 2.27. The molecule has 7 heteroatoms. The van der Waals surface area contributed by atoms with Gasteiger partial charge in [-0.15, -0.1) is 0 Å². The molecule has 7 nitrogen and oxygen atoms in total. The third kappa shape index (κ3) is 4.16. The zero-order chi connectivity index (χ0) is 21.3. The predicted octanol–water partition coefficient (Wildman–Crippen LogP) is 3.28. The SMILES string of the molecule is Cc1cc(-c2cc(NC(=O)c3ccc(N4CCN(C)CC4)cc3)n[nH]2)cc(C)c1N. The van der Waals surface area contributed by atoms with Gasteiger partial charge in [0.1, 0.15) is 0 Å². The molecule has 0 saturated carbocycles. The minimum absolute atomic E-state index is 0.178. The van der Waals surface area contributed by atoms with E-state index in [0.717, 1.165) is 59.9 Å². The lowest BCUT2D eigenvalue weighted by molar-refractivity contribution is 0.102. The highest BCUT2D eigenvalue weighted by molar-refractivity contribution is 6.04. The van der Waals surface area contributed by atoms with Crippen molar-refractivity contribution in [2.24, 2.45) is 0 Å². The van der Waals surface area contributed by atoms with E-state index in [1.165, 1.54) is 0 Å². The molecule has 2 heterocycles. The summed E-state index contributed by atoms with van der Waals surface area (Å²) >= 11 is 0. The van der Waals surface area contributed by atoms with Crippen molar-refractivity contribution in [1.82, 2.24) is 15.1 Å². The fraction of sp³-hybridized carbons (Fsp3) is 0.304. The Bertz CT molecular complexity index is 1020. The van der Waals surface area contributed by atoms with Crippen molar-refractivity contribution in [3.63, 3.8) is 0 Å². The molecule has 4 N–H and O–H groups in total. The van der Waals surface area contributed by atoms with E-state index in [1.807, 2.05) is 56.3 Å². The Kier molecular flexibility index (Phi) is 5.46. The maximum absolute atomic E-state index is 12.6. The lowest BCUT2D eigenvalue weighted by Crippen LogP contribution is -2.44. The van der Waals surface area contributed by atoms with Crippen molar-refractivity contribution in [2.45, 2.75) is 13.8 Å². The van der Waals surface area contributed by atoms with Crippen molar-refractivity contribution in [2.75, 3.05) is 49.2 Å². The number of hydrogen-bond donors (Lipinski definition) is 3. The quantitative estimate of drug-likeness (QED) is 0.581. The van der Waals surface area contributed by atoms with E-state index in [2.05, 4.69) is 32.4 Å². The van der Waals surface area contributed by atoms with Crippen molar-refractivity contribution < 1.29 is 4.79 Å². The van der Waals surface area contributed by atoms with Gasteiger partial charge in [-0.1, -0.05) is 0 Å². The summed E-state index contributed by atoms with van der Waals surface area (Å²) in [6, 6.07) is 13.6. The molecular formula is C23H28N6O. The zero-order valence-corrected chi connectivity index (χ0v) is 17.7. The topological polar surface area (TPSA) is 90.3 Å². The number of carbonyl (C=O) groups is 1. The largest absolute Gasteiger partial charge is 0.398 e. The summed E-state index contributed by atoms with van der Waals surface area (Å²) in [7, 11) is 2.14. The van der Waals surface area contributed by atoms with E-state index in [9.17, 15) is 4.79 Å². The van der Waals surface area contributed by atoms with Crippen LogP contribution in [0.2, 0.25) is 0 Å². The van der Waals surface area contributed by atoms with Gasteiger partial charge in [0.25, 0.3) is 5.91 Å². The molecule has 1 aromatic heterocycles. The van der Waals surface area contributed by atoms with Gasteiger partial charge in [0.2, 0.25) is 0 Å². The monoisotopic (exact) mass is 404 g/mol. The molecule has 1 saturated heterocycles. The van der Waals surface area contributed by atoms with Crippen LogP contribution in [0.3, 0.4) is 0 Å². The van der Waals surface area contributed by atoms with Crippen LogP contribution >= 0.6 is 0 Å². The van der Waals surface area contributed by atoms with Crippen molar-refractivity contribution in [1.29, 1.82) is 0 Å². The zero-order valence-electron chi connectivity index (χ0n) is 17.7. The fourth-order valence-corrected chi connectivity index (χ4v) is 3.74. The molecule has 1 aliphatic heterocycles. The number of hydrogen-bond acceptors (Lipinski definition) is 5. The van der Waals surface area contributed by atoms with Gasteiger partial charge in [0, 0.05) is 54.7 Å². The second-order valence-corrected chi connectivity index (χ2v) is 7.98. The number of likely N-dealkylation sites (N-methyl/N-ethyl adjacent to an activating group) is 1. The van der Waals surface area contributed by atoms with Crippen molar-refractivity contribution in [3.05, 3.63) is 59.2 Å². The standard InChI is InChI=1S/C23H28N6O/c1-15-12-18(13-16(2)22(15)24)20-14-21(27-26-20)25-23(30)17-4-6-19(7-5-17)29-10-8-28(3)9-11-29/h4-7,12-14H,8-11,24H2,1-3H3,(H2,25,26,27,30). The van der Waals surface area contributed by atoms with Crippen molar-refractivity contribution in [3.8, 4) is 11.3 Å². The number of anilines is 3. The smallest absolute Gasteiger partial charge is 0.256 e. The lowest BCUT2D eigenvalue weighted by Gasteiger charge is -2.34. The summed E-state index contributed by atoms with van der Waals surface area (Å²) in [5.41, 5.74) is 12.5. The van der Waals surface area contributed by atoms with Crippen LogP contribution in [0.15, 0.2) is 42.5 Å². The van der Waals surface area contributed by atoms with Crippen LogP contribution in [-0.4, -0.2) is 54.2 Å². The molecule has 1 aliphatic rings. The number of H-pyrrole nitrogens is 1. The fourth-order valence-electron chi connectivity index (χ4n) is 3.74. The molecule has 0 atom stereocenters. The third-order valence-electron chi connectivity index (χ3n) is 5.72. The van der Waals surface area contributed by atoms with Crippen LogP contribution in [0.4, 0.5) is 17.2 Å². The maximum Gasteiger partial charge on any atom is 0.256 e. The number of nitrogens with one attached hydrogen (secondary N) is 2. The summed E-state index contributed by atoms with van der Waals surface area (Å²) in [5, 5.41) is 10.1. The number of benzene rings is 2. The van der Waals surface area contributed by atoms with Crippen LogP contribution in [0.5, 0.6) is 0 Å². The molecule has 156 valence electrons. The molecule has 30 heavy (non-hydrogen) atoms. The van der Waals surface area contributed by atoms with E-state index in [0.29, 0.717) is 11.4 Å². The van der Waals surface area contributed by atoms with Gasteiger partial charge in [0.15, 0.2) is 5.82 Å². The summed E-state index contributed by atoms with van der Waals surface area (Å²) in [6.45, 7) is 8.07. The van der Waals surface area contributed by atoms with Crippen LogP contribution < -0.4 is 16.0 Å². The Balaban J connectivity index is 1.43. The predicted molar refractivity (Wildman–Crippen MR) is 122 cm³/mol. The first kappa shape index (κ1) is 20.0. The summed E-state index contributed by atoms with van der Waals surface area (Å²) in [6.07, 6.45) is 0. The molecule has 0 aliphatic carbocycles. The van der Waals surface area contributed by atoms with E-state index in [-0.39, 0.29) is 5.91 Å². The number of aryl methyl sites for hydroxylation is 2. The van der Waals surface area contributed by atoms with Gasteiger partial charge >= 0.3 is 0 Å². The number of aromatic nitrogens is 2. The summed E-state index contributed by atoms with van der Waals surface area (Å²) < 4.78 is 0. The van der Waals surface area contributed by atoms with Gasteiger partial charge in [-0.2, -0.15) is 5.10 Å². The Morgan fingerprint density at radius 1 is 1.03 bits per heavy atom. The molecule has 3 aromatic rings. The lowest BCUT2D eigenvalue weighted by atomic mass is 10.0. The normalized spacial score (nSPS) is 14.7. The van der Waals surface area contributed by atoms with E-state index in [1.54, 1.807) is 0 Å². The molecule has 4 rings (SSSR count). The molecule has 1 amide bonds. The van der Waals surface area contributed by atoms with Gasteiger partial charge in [-0.3, -0.25) is 9.89 Å². The molecule has 0 spiro atoms. The minimum Gasteiger partial charge on any atom is -0.398 e. The number of piperazine rings is 1. The van der Waals surface area contributed by atoms with Crippen LogP contribution in [0, 0.1) is 13.8 Å². The first-order valence-electron chi connectivity index (χ1n) is 10.2. The second kappa shape index (κ2) is 8.20. The molecule has 0 radical (unpaired) electrons. The molecule has 0 unspecified atom stereocenters. The number of carbonyl (C=O) groups excluding carboxylic acids is 1. The number of amides is 1. The number of nitrogens with zero attached hydrogens (tertiary/aromatic N) is 3. The average Bonchev–Trinajstić information content (AvgIpc) is 3.21. The van der Waals surface area contributed by atoms with Crippen LogP contribution in [0.25, 0.3) is 11.3 Å². The first-order chi connectivity index (χ1) is 14.4. The number of aromatic amines is 1. The summed E-state index contributed by atoms with van der Waals surface area (Å²) in [5.74, 6) is 0.313. The number of rotatable bonds is 4. The van der Waals surface area contributed by atoms with Gasteiger partial charge in [0.05, 0.1) is 5.69 Å². The van der Waals surface area contributed by atoms with E-state index >= 15 is 0 Å². The minimum atomic E-state index is -0.178. The number of nitrogen functional groups attached to an aromatic ring is 1. The second-order valence-electron chi connectivity index (χ2n) is 7.98. The Morgan fingerprint density at radius 2 is 1.67 bits per heavy atom. The molecular weight excluding hydrogens is 376 g/mol. The van der Waals surface area contributed by atoms with Gasteiger partial charge in [-0.25, -0.2) is 0 Å². The van der Waals surface area contributed by atoms with Crippen LogP contribution in [-0.2, 0) is 0 Å². The maximum atomic E-state index is 12.6. The highest BCUT2D eigenvalue weighted by Gasteiger charge is 2.15. The Hall–Kier alpha value is -3.32. The van der Waals surface area contributed by atoms with E-state index < -0.39 is 0 Å². The van der Waals surface area contributed by atoms with E-state index in [4.69, 9.17) is 5.73 Å². The van der Waals surface area contributed by atoms with Gasteiger partial charge < -0.3 is 20.9 Å². The molecule has 0 bridgehead atoms. The summed E-state index contributed by atoms with van der Waals surface area (Å²) in [4.78, 5) is 17.3. The first-order valence-corrected chi connectivity index (χ1v) is 10.2. The Labute approximate surface area is 176 Å². The Morgan fingerprint density at radius 3 is 2.30 bits per heavy atom. The molecule has 1 fully saturated rings. The highest BCUT2D eigenvalue weighted by atomic mass is 16.1. The van der Waals surface area contributed by atoms with Crippen LogP contribution in [0.1, 0.15) is 21.5 Å². The van der Waals surface area contributed by atoms with Gasteiger partial charge in [-0.05, 0) is 68.4 Å². The molecule has 2 aromatic carbocycles. The number of nitrogens with two attached hydrogens (primary N) is 1. The average molecular weight is 405 g/mol. The third-order valence-corrected chi connectivity index (χ3v) is 5.72. The van der Waals surface area contributed by atoms with Crippen molar-refractivity contribution >= 4 is 23.1 Å².